The molecule has 7 heteroatoms. The van der Waals surface area contributed by atoms with E-state index < -0.39 is 0 Å². The summed E-state index contributed by atoms with van der Waals surface area (Å²) < 4.78 is 6.13. The van der Waals surface area contributed by atoms with Crippen LogP contribution in [0.4, 0.5) is 0 Å². The number of H-pyrrole nitrogens is 1. The second kappa shape index (κ2) is 9.04. The van der Waals surface area contributed by atoms with E-state index in [1.54, 1.807) is 6.33 Å². The first-order valence-electron chi connectivity index (χ1n) is 10.5. The molecule has 0 bridgehead atoms. The summed E-state index contributed by atoms with van der Waals surface area (Å²) in [6, 6.07) is 0. The van der Waals surface area contributed by atoms with Crippen LogP contribution in [0, 0.1) is 11.3 Å². The number of nitrogens with zero attached hydrogens (tertiary/aromatic N) is 4. The van der Waals surface area contributed by atoms with Gasteiger partial charge in [-0.1, -0.05) is 20.8 Å². The van der Waals surface area contributed by atoms with Gasteiger partial charge in [0.1, 0.15) is 12.2 Å². The molecule has 2 atom stereocenters. The highest BCUT2D eigenvalue weighted by Gasteiger charge is 2.35. The Bertz CT molecular complexity index is 586. The molecule has 0 saturated carbocycles. The molecule has 27 heavy (non-hydrogen) atoms. The Hall–Kier alpha value is -1.63. The van der Waals surface area contributed by atoms with Crippen LogP contribution in [0.3, 0.4) is 0 Å². The lowest BCUT2D eigenvalue weighted by Crippen LogP contribution is -2.46. The van der Waals surface area contributed by atoms with Crippen LogP contribution in [0.5, 0.6) is 0 Å². The molecule has 0 aliphatic carbocycles. The standard InChI is InChI=1S/C20H36N6O/c1-5-21-19(22-13-16-7-6-12-27-17(16)20(2,3)4)26-10-8-15(9-11-26)18-23-14-24-25-18/h14-17H,5-13H2,1-4H3,(H,21,22)(H,23,24,25). The Morgan fingerprint density at radius 1 is 1.33 bits per heavy atom. The lowest BCUT2D eigenvalue weighted by molar-refractivity contribution is -0.0824. The Morgan fingerprint density at radius 3 is 2.74 bits per heavy atom. The van der Waals surface area contributed by atoms with E-state index in [1.807, 2.05) is 0 Å². The SMILES string of the molecule is CCNC(=NCC1CCCOC1C(C)(C)C)N1CCC(c2ncn[nH]2)CC1. The smallest absolute Gasteiger partial charge is 0.193 e. The van der Waals surface area contributed by atoms with Gasteiger partial charge in [-0.05, 0) is 38.0 Å². The van der Waals surface area contributed by atoms with E-state index in [0.29, 0.717) is 11.8 Å². The third kappa shape index (κ3) is 5.21. The number of hydrogen-bond donors (Lipinski definition) is 2. The van der Waals surface area contributed by atoms with Crippen LogP contribution in [0.2, 0.25) is 0 Å². The van der Waals surface area contributed by atoms with Crippen molar-refractivity contribution < 1.29 is 4.74 Å². The molecule has 152 valence electrons. The van der Waals surface area contributed by atoms with Crippen LogP contribution >= 0.6 is 0 Å². The summed E-state index contributed by atoms with van der Waals surface area (Å²) in [5.41, 5.74) is 0.161. The van der Waals surface area contributed by atoms with E-state index in [4.69, 9.17) is 9.73 Å². The maximum Gasteiger partial charge on any atom is 0.193 e. The largest absolute Gasteiger partial charge is 0.377 e. The molecule has 1 aromatic rings. The third-order valence-corrected chi connectivity index (χ3v) is 5.72. The molecular weight excluding hydrogens is 340 g/mol. The average Bonchev–Trinajstić information content (AvgIpc) is 3.19. The van der Waals surface area contributed by atoms with Crippen LogP contribution in [-0.4, -0.2) is 64.9 Å². The van der Waals surface area contributed by atoms with Crippen LogP contribution in [0.15, 0.2) is 11.3 Å². The zero-order valence-electron chi connectivity index (χ0n) is 17.4. The van der Waals surface area contributed by atoms with Crippen molar-refractivity contribution in [3.63, 3.8) is 0 Å². The van der Waals surface area contributed by atoms with Crippen LogP contribution < -0.4 is 5.32 Å². The van der Waals surface area contributed by atoms with Crippen molar-refractivity contribution in [3.8, 4) is 0 Å². The van der Waals surface area contributed by atoms with Crippen molar-refractivity contribution in [3.05, 3.63) is 12.2 Å². The van der Waals surface area contributed by atoms with E-state index in [1.165, 1.54) is 6.42 Å². The first-order chi connectivity index (χ1) is 13.0. The molecule has 0 aromatic carbocycles. The van der Waals surface area contributed by atoms with Crippen molar-refractivity contribution in [2.24, 2.45) is 16.3 Å². The fourth-order valence-corrected chi connectivity index (χ4v) is 4.39. The second-order valence-corrected chi connectivity index (χ2v) is 8.89. The normalized spacial score (nSPS) is 25.6. The van der Waals surface area contributed by atoms with Gasteiger partial charge in [0.15, 0.2) is 5.96 Å². The monoisotopic (exact) mass is 376 g/mol. The number of hydrogen-bond acceptors (Lipinski definition) is 4. The minimum absolute atomic E-state index is 0.161. The molecule has 1 aromatic heterocycles. The van der Waals surface area contributed by atoms with Gasteiger partial charge in [-0.25, -0.2) is 4.98 Å². The molecule has 2 unspecified atom stereocenters. The Kier molecular flexibility index (Phi) is 6.73. The fourth-order valence-electron chi connectivity index (χ4n) is 4.39. The number of aromatic nitrogens is 3. The number of nitrogens with one attached hydrogen (secondary N) is 2. The summed E-state index contributed by atoms with van der Waals surface area (Å²) in [4.78, 5) is 11.8. The zero-order chi connectivity index (χ0) is 19.3. The van der Waals surface area contributed by atoms with Gasteiger partial charge < -0.3 is 15.0 Å². The van der Waals surface area contributed by atoms with E-state index in [2.05, 4.69) is 53.1 Å². The molecule has 2 N–H and O–H groups in total. The molecule has 3 rings (SSSR count). The van der Waals surface area contributed by atoms with Crippen LogP contribution in [0.25, 0.3) is 0 Å². The highest BCUT2D eigenvalue weighted by atomic mass is 16.5. The van der Waals surface area contributed by atoms with Gasteiger partial charge in [-0.2, -0.15) is 5.10 Å². The van der Waals surface area contributed by atoms with E-state index in [9.17, 15) is 0 Å². The third-order valence-electron chi connectivity index (χ3n) is 5.72. The summed E-state index contributed by atoms with van der Waals surface area (Å²) in [5.74, 6) is 3.04. The van der Waals surface area contributed by atoms with Gasteiger partial charge in [-0.3, -0.25) is 10.1 Å². The second-order valence-electron chi connectivity index (χ2n) is 8.89. The van der Waals surface area contributed by atoms with Gasteiger partial charge in [-0.15, -0.1) is 0 Å². The fraction of sp³-hybridized carbons (Fsp3) is 0.850. The van der Waals surface area contributed by atoms with Gasteiger partial charge in [0.05, 0.1) is 6.10 Å². The predicted octanol–water partition coefficient (Wildman–Crippen LogP) is 2.79. The molecule has 0 amide bonds. The van der Waals surface area contributed by atoms with Crippen LogP contribution in [0.1, 0.15) is 65.1 Å². The molecule has 2 aliphatic heterocycles. The topological polar surface area (TPSA) is 78.4 Å². The lowest BCUT2D eigenvalue weighted by Gasteiger charge is -2.40. The van der Waals surface area contributed by atoms with Crippen molar-refractivity contribution in [1.29, 1.82) is 0 Å². The van der Waals surface area contributed by atoms with Gasteiger partial charge in [0, 0.05) is 44.6 Å². The molecule has 2 fully saturated rings. The van der Waals surface area contributed by atoms with Crippen molar-refractivity contribution in [1.82, 2.24) is 25.4 Å². The Labute approximate surface area is 163 Å². The first-order valence-corrected chi connectivity index (χ1v) is 10.5. The summed E-state index contributed by atoms with van der Waals surface area (Å²) in [7, 11) is 0. The number of piperidine rings is 1. The molecule has 2 aliphatic rings. The first kappa shape index (κ1) is 20.1. The minimum atomic E-state index is 0.161. The van der Waals surface area contributed by atoms with Gasteiger partial charge in [0.2, 0.25) is 0 Å². The maximum atomic E-state index is 6.13. The molecular formula is C20H36N6O. The Morgan fingerprint density at radius 2 is 2.11 bits per heavy atom. The van der Waals surface area contributed by atoms with Crippen molar-refractivity contribution in [2.75, 3.05) is 32.8 Å². The zero-order valence-corrected chi connectivity index (χ0v) is 17.4. The van der Waals surface area contributed by atoms with Gasteiger partial charge in [0.25, 0.3) is 0 Å². The van der Waals surface area contributed by atoms with E-state index in [-0.39, 0.29) is 11.5 Å². The van der Waals surface area contributed by atoms with Crippen LogP contribution in [-0.2, 0) is 4.74 Å². The van der Waals surface area contributed by atoms with Gasteiger partial charge >= 0.3 is 0 Å². The van der Waals surface area contributed by atoms with E-state index in [0.717, 1.165) is 63.8 Å². The Balaban J connectivity index is 1.61. The lowest BCUT2D eigenvalue weighted by atomic mass is 9.78. The summed E-state index contributed by atoms with van der Waals surface area (Å²) in [6.07, 6.45) is 6.40. The van der Waals surface area contributed by atoms with Crippen molar-refractivity contribution >= 4 is 5.96 Å². The summed E-state index contributed by atoms with van der Waals surface area (Å²) in [5, 5.41) is 10.5. The highest BCUT2D eigenvalue weighted by molar-refractivity contribution is 5.80. The predicted molar refractivity (Wildman–Crippen MR) is 108 cm³/mol. The molecule has 2 saturated heterocycles. The average molecular weight is 377 g/mol. The number of aliphatic imine (C=N–C) groups is 1. The molecule has 3 heterocycles. The van der Waals surface area contributed by atoms with Crippen molar-refractivity contribution in [2.45, 2.75) is 65.4 Å². The number of aromatic amines is 1. The molecule has 7 nitrogen and oxygen atoms in total. The number of ether oxygens (including phenoxy) is 1. The quantitative estimate of drug-likeness (QED) is 0.624. The van der Waals surface area contributed by atoms with E-state index >= 15 is 0 Å². The molecule has 0 radical (unpaired) electrons. The number of guanidine groups is 1. The molecule has 0 spiro atoms. The summed E-state index contributed by atoms with van der Waals surface area (Å²) >= 11 is 0. The number of rotatable bonds is 4. The summed E-state index contributed by atoms with van der Waals surface area (Å²) in [6.45, 7) is 13.6. The number of likely N-dealkylation sites (tertiary alicyclic amines) is 1. The maximum absolute atomic E-state index is 6.13. The highest BCUT2D eigenvalue weighted by Crippen LogP contribution is 2.34. The minimum Gasteiger partial charge on any atom is -0.377 e.